The van der Waals surface area contributed by atoms with Crippen molar-refractivity contribution in [3.05, 3.63) is 0 Å². The Bertz CT molecular complexity index is 339. The van der Waals surface area contributed by atoms with E-state index in [1.54, 1.807) is 13.8 Å². The molecule has 0 saturated carbocycles. The molecule has 0 aliphatic heterocycles. The first-order valence-corrected chi connectivity index (χ1v) is 6.50. The maximum atomic E-state index is 12.2. The predicted molar refractivity (Wildman–Crippen MR) is 68.2 cm³/mol. The van der Waals surface area contributed by atoms with Gasteiger partial charge in [0.05, 0.1) is 0 Å². The van der Waals surface area contributed by atoms with E-state index < -0.39 is 28.5 Å². The van der Waals surface area contributed by atoms with Gasteiger partial charge >= 0.3 is 0 Å². The van der Waals surface area contributed by atoms with Crippen molar-refractivity contribution in [2.24, 2.45) is 5.41 Å². The van der Waals surface area contributed by atoms with Crippen LogP contribution >= 0.6 is 0 Å². The zero-order valence-electron chi connectivity index (χ0n) is 11.7. The topological polar surface area (TPSA) is 68.3 Å². The van der Waals surface area contributed by atoms with Crippen molar-refractivity contribution in [1.29, 1.82) is 0 Å². The van der Waals surface area contributed by atoms with Crippen molar-refractivity contribution in [2.45, 2.75) is 59.8 Å². The van der Waals surface area contributed by atoms with Crippen LogP contribution in [0.2, 0.25) is 0 Å². The van der Waals surface area contributed by atoms with Crippen LogP contribution in [0.15, 0.2) is 0 Å². The van der Waals surface area contributed by atoms with Gasteiger partial charge in [0.25, 0.3) is 0 Å². The van der Waals surface area contributed by atoms with Crippen molar-refractivity contribution < 1.29 is 19.2 Å². The van der Waals surface area contributed by atoms with E-state index in [4.69, 9.17) is 0 Å². The molecule has 4 nitrogen and oxygen atoms in total. The Hall–Kier alpha value is -1.32. The third-order valence-electron chi connectivity index (χ3n) is 3.18. The van der Waals surface area contributed by atoms with Crippen LogP contribution in [0.1, 0.15) is 59.8 Å². The molecule has 0 rings (SSSR count). The second kappa shape index (κ2) is 7.19. The fourth-order valence-electron chi connectivity index (χ4n) is 2.11. The third kappa shape index (κ3) is 2.92. The molecule has 0 aromatic rings. The van der Waals surface area contributed by atoms with Crippen molar-refractivity contribution in [3.8, 4) is 0 Å². The molecular weight excluding hydrogens is 232 g/mol. The molecule has 18 heavy (non-hydrogen) atoms. The van der Waals surface area contributed by atoms with Gasteiger partial charge in [-0.2, -0.15) is 0 Å². The Morgan fingerprint density at radius 2 is 1.28 bits per heavy atom. The maximum absolute atomic E-state index is 12.2. The minimum Gasteiger partial charge on any atom is -0.298 e. The summed E-state index contributed by atoms with van der Waals surface area (Å²) < 4.78 is 0. The number of hydrogen-bond donors (Lipinski definition) is 0. The first-order chi connectivity index (χ1) is 8.39. The number of carbonyl (C=O) groups is 4. The molecule has 102 valence electrons. The number of Topliss-reactive ketones (excluding diaryl/α,β-unsaturated/α-hetero) is 4. The number of unbranched alkanes of at least 4 members (excludes halogenated alkanes) is 1. The van der Waals surface area contributed by atoms with Gasteiger partial charge in [-0.3, -0.25) is 19.2 Å². The van der Waals surface area contributed by atoms with E-state index in [-0.39, 0.29) is 19.3 Å². The van der Waals surface area contributed by atoms with Gasteiger partial charge in [-0.25, -0.2) is 0 Å². The smallest absolute Gasteiger partial charge is 0.202 e. The van der Waals surface area contributed by atoms with E-state index in [0.29, 0.717) is 6.42 Å². The van der Waals surface area contributed by atoms with Crippen molar-refractivity contribution >= 4 is 23.1 Å². The van der Waals surface area contributed by atoms with Gasteiger partial charge in [0.2, 0.25) is 5.41 Å². The Kier molecular flexibility index (Phi) is 6.66. The molecular formula is C14H22O4. The quantitative estimate of drug-likeness (QED) is 0.592. The summed E-state index contributed by atoms with van der Waals surface area (Å²) in [5.41, 5.74) is -2.03. The predicted octanol–water partition coefficient (Wildman–Crippen LogP) is 2.28. The van der Waals surface area contributed by atoms with E-state index in [0.717, 1.165) is 13.3 Å². The first kappa shape index (κ1) is 16.7. The van der Waals surface area contributed by atoms with E-state index in [1.807, 2.05) is 6.92 Å². The number of hydrogen-bond acceptors (Lipinski definition) is 4. The van der Waals surface area contributed by atoms with Gasteiger partial charge < -0.3 is 0 Å². The molecule has 0 atom stereocenters. The highest BCUT2D eigenvalue weighted by molar-refractivity contribution is 6.38. The maximum Gasteiger partial charge on any atom is 0.202 e. The second-order valence-corrected chi connectivity index (χ2v) is 4.39. The molecule has 0 aliphatic rings. The number of carbonyl (C=O) groups excluding carboxylic acids is 4. The molecule has 0 spiro atoms. The molecule has 4 heteroatoms. The van der Waals surface area contributed by atoms with E-state index in [9.17, 15) is 19.2 Å². The SMILES string of the molecule is CCCCC(=O)C(C(C)=O)(C(=O)CC)C(=O)CC. The van der Waals surface area contributed by atoms with Crippen LogP contribution in [0, 0.1) is 5.41 Å². The standard InChI is InChI=1S/C14H22O4/c1-5-8-9-13(18)14(10(4)15,11(16)6-2)12(17)7-3/h5-9H2,1-4H3. The van der Waals surface area contributed by atoms with Gasteiger partial charge in [0.1, 0.15) is 0 Å². The zero-order chi connectivity index (χ0) is 14.3. The lowest BCUT2D eigenvalue weighted by Crippen LogP contribution is -2.51. The van der Waals surface area contributed by atoms with E-state index in [1.165, 1.54) is 0 Å². The largest absolute Gasteiger partial charge is 0.298 e. The number of ketones is 4. The third-order valence-corrected chi connectivity index (χ3v) is 3.18. The normalized spacial score (nSPS) is 11.1. The molecule has 0 fully saturated rings. The highest BCUT2D eigenvalue weighted by Gasteiger charge is 2.53. The van der Waals surface area contributed by atoms with Crippen LogP contribution in [-0.4, -0.2) is 23.1 Å². The molecule has 0 unspecified atom stereocenters. The second-order valence-electron chi connectivity index (χ2n) is 4.39. The van der Waals surface area contributed by atoms with Crippen molar-refractivity contribution in [2.75, 3.05) is 0 Å². The molecule has 0 heterocycles. The molecule has 0 aliphatic carbocycles. The van der Waals surface area contributed by atoms with E-state index in [2.05, 4.69) is 0 Å². The highest BCUT2D eigenvalue weighted by Crippen LogP contribution is 2.28. The molecule has 0 N–H and O–H groups in total. The summed E-state index contributed by atoms with van der Waals surface area (Å²) in [6, 6.07) is 0. The molecule has 0 radical (unpaired) electrons. The Balaban J connectivity index is 5.62. The molecule has 0 amide bonds. The molecule has 0 aromatic heterocycles. The fraction of sp³-hybridized carbons (Fsp3) is 0.714. The summed E-state index contributed by atoms with van der Waals surface area (Å²) in [6.45, 7) is 6.20. The summed E-state index contributed by atoms with van der Waals surface area (Å²) in [7, 11) is 0. The van der Waals surface area contributed by atoms with Gasteiger partial charge in [0.15, 0.2) is 23.1 Å². The Labute approximate surface area is 108 Å². The summed E-state index contributed by atoms with van der Waals surface area (Å²) in [5.74, 6) is -2.30. The van der Waals surface area contributed by atoms with Crippen molar-refractivity contribution in [1.82, 2.24) is 0 Å². The minimum atomic E-state index is -2.03. The van der Waals surface area contributed by atoms with Crippen LogP contribution in [-0.2, 0) is 19.2 Å². The average molecular weight is 254 g/mol. The lowest BCUT2D eigenvalue weighted by atomic mass is 9.69. The lowest BCUT2D eigenvalue weighted by Gasteiger charge is -2.26. The van der Waals surface area contributed by atoms with Gasteiger partial charge in [-0.15, -0.1) is 0 Å². The van der Waals surface area contributed by atoms with Gasteiger partial charge in [-0.1, -0.05) is 27.2 Å². The van der Waals surface area contributed by atoms with Gasteiger partial charge in [0, 0.05) is 19.3 Å². The summed E-state index contributed by atoms with van der Waals surface area (Å²) in [5, 5.41) is 0. The summed E-state index contributed by atoms with van der Waals surface area (Å²) >= 11 is 0. The Morgan fingerprint density at radius 1 is 0.833 bits per heavy atom. The number of rotatable bonds is 9. The first-order valence-electron chi connectivity index (χ1n) is 6.50. The van der Waals surface area contributed by atoms with Crippen molar-refractivity contribution in [3.63, 3.8) is 0 Å². The molecule has 0 bridgehead atoms. The lowest BCUT2D eigenvalue weighted by molar-refractivity contribution is -0.154. The minimum absolute atomic E-state index is 0.0170. The zero-order valence-corrected chi connectivity index (χ0v) is 11.7. The summed E-state index contributed by atoms with van der Waals surface area (Å²) in [4.78, 5) is 48.0. The van der Waals surface area contributed by atoms with E-state index >= 15 is 0 Å². The van der Waals surface area contributed by atoms with Crippen LogP contribution in [0.5, 0.6) is 0 Å². The van der Waals surface area contributed by atoms with Crippen LogP contribution < -0.4 is 0 Å². The monoisotopic (exact) mass is 254 g/mol. The van der Waals surface area contributed by atoms with Gasteiger partial charge in [-0.05, 0) is 13.3 Å². The fourth-order valence-corrected chi connectivity index (χ4v) is 2.11. The average Bonchev–Trinajstić information content (AvgIpc) is 2.35. The Morgan fingerprint density at radius 3 is 1.56 bits per heavy atom. The summed E-state index contributed by atoms with van der Waals surface area (Å²) in [6.07, 6.45) is 1.50. The van der Waals surface area contributed by atoms with Crippen LogP contribution in [0.3, 0.4) is 0 Å². The van der Waals surface area contributed by atoms with Crippen LogP contribution in [0.25, 0.3) is 0 Å². The molecule has 0 saturated heterocycles. The molecule has 0 aromatic carbocycles. The van der Waals surface area contributed by atoms with Crippen LogP contribution in [0.4, 0.5) is 0 Å². The highest BCUT2D eigenvalue weighted by atomic mass is 16.2.